The first-order valence-electron chi connectivity index (χ1n) is 9.86. The molecule has 0 atom stereocenters. The molecule has 0 heterocycles. The standard InChI is InChI=1S/C26H24/c1-5-11-22-17-24(15-13-19(22)7-1)26(21-9-3-4-10-21)25-16-14-20-8-2-6-12-23(20)18-25/h1-2,5-8,11-18,21,26H,3-4,9-10H2. The van der Waals surface area contributed by atoms with E-state index in [-0.39, 0.29) is 0 Å². The lowest BCUT2D eigenvalue weighted by Crippen LogP contribution is -2.11. The monoisotopic (exact) mass is 336 g/mol. The van der Waals surface area contributed by atoms with Crippen molar-refractivity contribution < 1.29 is 0 Å². The molecule has 0 heteroatoms. The van der Waals surface area contributed by atoms with Crippen LogP contribution < -0.4 is 0 Å². The Morgan fingerprint density at radius 2 is 1.00 bits per heavy atom. The molecule has 0 aromatic heterocycles. The van der Waals surface area contributed by atoms with Crippen molar-refractivity contribution in [1.82, 2.24) is 0 Å². The minimum absolute atomic E-state index is 0.506. The Bertz CT molecular complexity index is 974. The van der Waals surface area contributed by atoms with Crippen molar-refractivity contribution in [3.8, 4) is 0 Å². The van der Waals surface area contributed by atoms with Gasteiger partial charge in [0.1, 0.15) is 0 Å². The quantitative estimate of drug-likeness (QED) is 0.368. The molecule has 128 valence electrons. The Labute approximate surface area is 155 Å². The summed E-state index contributed by atoms with van der Waals surface area (Å²) >= 11 is 0. The average Bonchev–Trinajstić information content (AvgIpc) is 3.22. The van der Waals surface area contributed by atoms with Crippen LogP contribution in [0.4, 0.5) is 0 Å². The number of benzene rings is 4. The topological polar surface area (TPSA) is 0 Å². The van der Waals surface area contributed by atoms with Gasteiger partial charge in [-0.15, -0.1) is 0 Å². The lowest BCUT2D eigenvalue weighted by atomic mass is 9.79. The fraction of sp³-hybridized carbons (Fsp3) is 0.231. The first kappa shape index (κ1) is 15.6. The minimum Gasteiger partial charge on any atom is -0.0616 e. The second-order valence-corrected chi connectivity index (χ2v) is 7.74. The highest BCUT2D eigenvalue weighted by molar-refractivity contribution is 5.84. The van der Waals surface area contributed by atoms with Gasteiger partial charge in [-0.05, 0) is 51.4 Å². The van der Waals surface area contributed by atoms with Crippen molar-refractivity contribution >= 4 is 21.5 Å². The van der Waals surface area contributed by atoms with Crippen molar-refractivity contribution in [1.29, 1.82) is 0 Å². The molecule has 1 fully saturated rings. The van der Waals surface area contributed by atoms with Gasteiger partial charge >= 0.3 is 0 Å². The molecule has 26 heavy (non-hydrogen) atoms. The van der Waals surface area contributed by atoms with Crippen molar-refractivity contribution in [2.45, 2.75) is 31.6 Å². The van der Waals surface area contributed by atoms with Gasteiger partial charge in [-0.1, -0.05) is 97.8 Å². The van der Waals surface area contributed by atoms with Crippen LogP contribution in [0.15, 0.2) is 84.9 Å². The lowest BCUT2D eigenvalue weighted by Gasteiger charge is -2.25. The van der Waals surface area contributed by atoms with Crippen LogP contribution in [-0.2, 0) is 0 Å². The molecule has 0 nitrogen and oxygen atoms in total. The fourth-order valence-electron chi connectivity index (χ4n) is 4.83. The maximum Gasteiger partial charge on any atom is 0.0118 e. The van der Waals surface area contributed by atoms with Crippen LogP contribution in [0.25, 0.3) is 21.5 Å². The summed E-state index contributed by atoms with van der Waals surface area (Å²) in [6.45, 7) is 0. The van der Waals surface area contributed by atoms with Crippen molar-refractivity contribution in [2.24, 2.45) is 5.92 Å². The molecular weight excluding hydrogens is 312 g/mol. The number of rotatable bonds is 3. The Morgan fingerprint density at radius 3 is 1.50 bits per heavy atom. The van der Waals surface area contributed by atoms with E-state index in [0.29, 0.717) is 5.92 Å². The zero-order chi connectivity index (χ0) is 17.3. The summed E-state index contributed by atoms with van der Waals surface area (Å²) in [5.74, 6) is 1.27. The van der Waals surface area contributed by atoms with Gasteiger partial charge in [0.15, 0.2) is 0 Å². The van der Waals surface area contributed by atoms with E-state index < -0.39 is 0 Å². The van der Waals surface area contributed by atoms with Gasteiger partial charge in [-0.2, -0.15) is 0 Å². The highest BCUT2D eigenvalue weighted by Crippen LogP contribution is 2.42. The average molecular weight is 336 g/mol. The molecule has 5 rings (SSSR count). The molecule has 0 spiro atoms. The summed E-state index contributed by atoms with van der Waals surface area (Å²) < 4.78 is 0. The second kappa shape index (κ2) is 6.61. The smallest absolute Gasteiger partial charge is 0.0118 e. The summed E-state index contributed by atoms with van der Waals surface area (Å²) in [4.78, 5) is 0. The first-order chi connectivity index (χ1) is 12.9. The molecular formula is C26H24. The van der Waals surface area contributed by atoms with Gasteiger partial charge < -0.3 is 0 Å². The summed E-state index contributed by atoms with van der Waals surface area (Å²) in [6.07, 6.45) is 5.46. The first-order valence-corrected chi connectivity index (χ1v) is 9.86. The van der Waals surface area contributed by atoms with E-state index in [0.717, 1.165) is 5.92 Å². The lowest BCUT2D eigenvalue weighted by molar-refractivity contribution is 0.484. The molecule has 4 aromatic rings. The molecule has 1 aliphatic carbocycles. The van der Waals surface area contributed by atoms with E-state index in [9.17, 15) is 0 Å². The third-order valence-corrected chi connectivity index (χ3v) is 6.14. The SMILES string of the molecule is c1ccc2cc(C(c3ccc4ccccc4c3)C3CCCC3)ccc2c1. The zero-order valence-corrected chi connectivity index (χ0v) is 15.1. The molecule has 0 unspecified atom stereocenters. The van der Waals surface area contributed by atoms with Crippen LogP contribution in [0.3, 0.4) is 0 Å². The maximum atomic E-state index is 2.42. The van der Waals surface area contributed by atoms with Gasteiger partial charge in [-0.25, -0.2) is 0 Å². The van der Waals surface area contributed by atoms with Gasteiger partial charge in [-0.3, -0.25) is 0 Å². The third kappa shape index (κ3) is 2.80. The van der Waals surface area contributed by atoms with Crippen molar-refractivity contribution in [2.75, 3.05) is 0 Å². The van der Waals surface area contributed by atoms with Gasteiger partial charge in [0.25, 0.3) is 0 Å². The van der Waals surface area contributed by atoms with E-state index >= 15 is 0 Å². The minimum atomic E-state index is 0.506. The molecule has 0 saturated heterocycles. The van der Waals surface area contributed by atoms with Crippen LogP contribution >= 0.6 is 0 Å². The van der Waals surface area contributed by atoms with Crippen LogP contribution in [0.2, 0.25) is 0 Å². The zero-order valence-electron chi connectivity index (χ0n) is 15.1. The summed E-state index contributed by atoms with van der Waals surface area (Å²) in [5, 5.41) is 5.38. The van der Waals surface area contributed by atoms with E-state index in [1.54, 1.807) is 0 Å². The molecule has 4 aromatic carbocycles. The summed E-state index contributed by atoms with van der Waals surface area (Å²) in [7, 11) is 0. The fourth-order valence-corrected chi connectivity index (χ4v) is 4.83. The Hall–Kier alpha value is -2.60. The van der Waals surface area contributed by atoms with Crippen molar-refractivity contribution in [3.63, 3.8) is 0 Å². The highest BCUT2D eigenvalue weighted by Gasteiger charge is 2.28. The van der Waals surface area contributed by atoms with Crippen molar-refractivity contribution in [3.05, 3.63) is 96.1 Å². The maximum absolute atomic E-state index is 2.42. The highest BCUT2D eigenvalue weighted by atomic mass is 14.3. The van der Waals surface area contributed by atoms with Crippen LogP contribution in [0, 0.1) is 5.92 Å². The van der Waals surface area contributed by atoms with E-state index in [4.69, 9.17) is 0 Å². The number of hydrogen-bond acceptors (Lipinski definition) is 0. The van der Waals surface area contributed by atoms with Crippen LogP contribution in [0.1, 0.15) is 42.7 Å². The predicted molar refractivity (Wildman–Crippen MR) is 112 cm³/mol. The molecule has 0 N–H and O–H groups in total. The van der Waals surface area contributed by atoms with E-state index in [1.807, 2.05) is 0 Å². The summed E-state index contributed by atoms with van der Waals surface area (Å²) in [5.41, 5.74) is 2.96. The Morgan fingerprint density at radius 1 is 0.538 bits per heavy atom. The number of hydrogen-bond donors (Lipinski definition) is 0. The molecule has 1 aliphatic rings. The normalized spacial score (nSPS) is 15.3. The van der Waals surface area contributed by atoms with Crippen LogP contribution in [-0.4, -0.2) is 0 Å². The van der Waals surface area contributed by atoms with Crippen LogP contribution in [0.5, 0.6) is 0 Å². The largest absolute Gasteiger partial charge is 0.0616 e. The van der Waals surface area contributed by atoms with E-state index in [1.165, 1.54) is 58.4 Å². The molecule has 0 radical (unpaired) electrons. The number of fused-ring (bicyclic) bond motifs is 2. The summed E-state index contributed by atoms with van der Waals surface area (Å²) in [6, 6.07) is 31.6. The Kier molecular flexibility index (Phi) is 3.97. The third-order valence-electron chi connectivity index (χ3n) is 6.14. The predicted octanol–water partition coefficient (Wildman–Crippen LogP) is 7.32. The van der Waals surface area contributed by atoms with Gasteiger partial charge in [0, 0.05) is 5.92 Å². The van der Waals surface area contributed by atoms with Gasteiger partial charge in [0.2, 0.25) is 0 Å². The van der Waals surface area contributed by atoms with Gasteiger partial charge in [0.05, 0.1) is 0 Å². The Balaban J connectivity index is 1.65. The molecule has 0 bridgehead atoms. The molecule has 0 aliphatic heterocycles. The second-order valence-electron chi connectivity index (χ2n) is 7.74. The molecule has 0 amide bonds. The molecule has 1 saturated carbocycles. The van der Waals surface area contributed by atoms with E-state index in [2.05, 4.69) is 84.9 Å².